The first kappa shape index (κ1) is 22.6. The van der Waals surface area contributed by atoms with Crippen LogP contribution in [0.4, 0.5) is 0 Å². The quantitative estimate of drug-likeness (QED) is 0.293. The SMILES string of the molecule is CCCC[CH-]C(C)=O.[Cl-].[Cl-].[Pd+2]. The van der Waals surface area contributed by atoms with Crippen LogP contribution < -0.4 is 24.8 Å². The van der Waals surface area contributed by atoms with Gasteiger partial charge in [-0.25, -0.2) is 0 Å². The second kappa shape index (κ2) is 17.0. The smallest absolute Gasteiger partial charge is 1.00 e. The maximum absolute atomic E-state index is 10.3. The molecule has 0 atom stereocenters. The first-order valence-corrected chi connectivity index (χ1v) is 3.11. The summed E-state index contributed by atoms with van der Waals surface area (Å²) in [7, 11) is 0. The van der Waals surface area contributed by atoms with Crippen molar-refractivity contribution in [1.82, 2.24) is 0 Å². The van der Waals surface area contributed by atoms with E-state index in [2.05, 4.69) is 6.92 Å². The number of carbonyl (C=O) groups excluding carboxylic acids is 1. The maximum Gasteiger partial charge on any atom is 2.00 e. The molecule has 0 aliphatic carbocycles. The van der Waals surface area contributed by atoms with E-state index >= 15 is 0 Å². The Balaban J connectivity index is -0.0000000817. The molecule has 0 saturated heterocycles. The standard InChI is InChI=1S/C7H13O.2ClH.Pd/c1-3-4-5-6-7(2)8;;;/h6H,3-5H2,1-2H3;2*1H;/q-1;;;+2/p-2. The Morgan fingerprint density at radius 1 is 1.36 bits per heavy atom. The summed E-state index contributed by atoms with van der Waals surface area (Å²) in [5, 5.41) is 0. The van der Waals surface area contributed by atoms with Crippen LogP contribution in [0.15, 0.2) is 0 Å². The number of ketones is 1. The Hall–Kier alpha value is 0.782. The van der Waals surface area contributed by atoms with Crippen molar-refractivity contribution in [2.45, 2.75) is 33.1 Å². The molecule has 0 aromatic rings. The molecule has 0 saturated carbocycles. The zero-order valence-corrected chi connectivity index (χ0v) is 9.75. The fraction of sp³-hybridized carbons (Fsp3) is 0.714. The molecule has 0 fully saturated rings. The normalized spacial score (nSPS) is 6.36. The number of unbranched alkanes of at least 4 members (excludes halogenated alkanes) is 2. The van der Waals surface area contributed by atoms with Gasteiger partial charge in [0.05, 0.1) is 0 Å². The van der Waals surface area contributed by atoms with E-state index in [1.165, 1.54) is 6.42 Å². The van der Waals surface area contributed by atoms with Gasteiger partial charge in [0.2, 0.25) is 0 Å². The van der Waals surface area contributed by atoms with E-state index in [-0.39, 0.29) is 51.0 Å². The van der Waals surface area contributed by atoms with Gasteiger partial charge in [-0.1, -0.05) is 19.8 Å². The van der Waals surface area contributed by atoms with Crippen LogP contribution in [-0.2, 0) is 25.2 Å². The zero-order chi connectivity index (χ0) is 6.41. The van der Waals surface area contributed by atoms with Gasteiger partial charge in [-0.2, -0.15) is 6.42 Å². The summed E-state index contributed by atoms with van der Waals surface area (Å²) in [5.74, 6) is 0.193. The largest absolute Gasteiger partial charge is 2.00 e. The van der Waals surface area contributed by atoms with E-state index in [0.29, 0.717) is 0 Å². The summed E-state index contributed by atoms with van der Waals surface area (Å²) < 4.78 is 0. The van der Waals surface area contributed by atoms with Crippen molar-refractivity contribution >= 4 is 5.78 Å². The Morgan fingerprint density at radius 3 is 2.09 bits per heavy atom. The van der Waals surface area contributed by atoms with Crippen molar-refractivity contribution in [3.05, 3.63) is 6.42 Å². The molecule has 1 nitrogen and oxygen atoms in total. The fourth-order valence-corrected chi connectivity index (χ4v) is 0.509. The summed E-state index contributed by atoms with van der Waals surface area (Å²) in [4.78, 5) is 10.3. The third-order valence-electron chi connectivity index (χ3n) is 0.989. The van der Waals surface area contributed by atoms with Gasteiger partial charge in [-0.15, -0.1) is 0 Å². The van der Waals surface area contributed by atoms with E-state index in [9.17, 15) is 4.79 Å². The van der Waals surface area contributed by atoms with Crippen molar-refractivity contribution in [3.8, 4) is 0 Å². The van der Waals surface area contributed by atoms with Crippen molar-refractivity contribution in [2.75, 3.05) is 0 Å². The van der Waals surface area contributed by atoms with Gasteiger partial charge in [0.25, 0.3) is 0 Å². The molecule has 72 valence electrons. The van der Waals surface area contributed by atoms with Gasteiger partial charge in [0.15, 0.2) is 0 Å². The van der Waals surface area contributed by atoms with Gasteiger partial charge < -0.3 is 36.0 Å². The van der Waals surface area contributed by atoms with Crippen molar-refractivity contribution in [1.29, 1.82) is 0 Å². The van der Waals surface area contributed by atoms with Gasteiger partial charge in [-0.3, -0.25) is 0 Å². The van der Waals surface area contributed by atoms with Crippen LogP contribution in [0.3, 0.4) is 0 Å². The van der Waals surface area contributed by atoms with E-state index in [1.54, 1.807) is 13.3 Å². The molecule has 0 amide bonds. The monoisotopic (exact) mass is 289 g/mol. The Morgan fingerprint density at radius 2 is 1.82 bits per heavy atom. The third-order valence-corrected chi connectivity index (χ3v) is 0.989. The molecule has 0 bridgehead atoms. The Kier molecular flexibility index (Phi) is 35.0. The number of halogens is 2. The second-order valence-electron chi connectivity index (χ2n) is 1.96. The summed E-state index contributed by atoms with van der Waals surface area (Å²) >= 11 is 0. The van der Waals surface area contributed by atoms with E-state index < -0.39 is 0 Å². The molecular weight excluding hydrogens is 277 g/mol. The average Bonchev–Trinajstić information content (AvgIpc) is 1.66. The molecule has 0 aliphatic rings. The minimum absolute atomic E-state index is 0. The van der Waals surface area contributed by atoms with Crippen molar-refractivity contribution < 1.29 is 50.0 Å². The van der Waals surface area contributed by atoms with Crippen molar-refractivity contribution in [3.63, 3.8) is 0 Å². The number of carbonyl (C=O) groups is 1. The van der Waals surface area contributed by atoms with Crippen molar-refractivity contribution in [2.24, 2.45) is 0 Å². The summed E-state index contributed by atoms with van der Waals surface area (Å²) in [6.07, 6.45) is 5.00. The Labute approximate surface area is 95.2 Å². The molecule has 0 heterocycles. The zero-order valence-electron chi connectivity index (χ0n) is 6.68. The fourth-order valence-electron chi connectivity index (χ4n) is 0.509. The summed E-state index contributed by atoms with van der Waals surface area (Å²) in [5.41, 5.74) is 0. The number of Topliss-reactive ketones (excluding diaryl/α,β-unsaturated/α-hetero) is 1. The molecule has 0 aliphatic heterocycles. The number of hydrogen-bond acceptors (Lipinski definition) is 1. The average molecular weight is 291 g/mol. The molecule has 0 unspecified atom stereocenters. The molecular formula is C7H13Cl2OPd-. The van der Waals surface area contributed by atoms with Crippen LogP contribution in [0, 0.1) is 6.42 Å². The Bertz CT molecular complexity index is 78.8. The third kappa shape index (κ3) is 24.9. The van der Waals surface area contributed by atoms with E-state index in [0.717, 1.165) is 12.8 Å². The first-order valence-electron chi connectivity index (χ1n) is 3.11. The van der Waals surface area contributed by atoms with Crippen LogP contribution in [0.25, 0.3) is 0 Å². The van der Waals surface area contributed by atoms with Gasteiger partial charge in [0, 0.05) is 0 Å². The van der Waals surface area contributed by atoms with Crippen LogP contribution >= 0.6 is 0 Å². The van der Waals surface area contributed by atoms with E-state index in [4.69, 9.17) is 0 Å². The topological polar surface area (TPSA) is 17.1 Å². The molecule has 0 rings (SSSR count). The predicted molar refractivity (Wildman–Crippen MR) is 34.5 cm³/mol. The van der Waals surface area contributed by atoms with Gasteiger partial charge >= 0.3 is 20.4 Å². The molecule has 0 N–H and O–H groups in total. The summed E-state index contributed by atoms with van der Waals surface area (Å²) in [6.45, 7) is 3.71. The number of hydrogen-bond donors (Lipinski definition) is 0. The van der Waals surface area contributed by atoms with Gasteiger partial charge in [0.1, 0.15) is 0 Å². The molecule has 0 aromatic heterocycles. The predicted octanol–water partition coefficient (Wildman–Crippen LogP) is -4.02. The van der Waals surface area contributed by atoms with Crippen LogP contribution in [0.5, 0.6) is 0 Å². The molecule has 4 heteroatoms. The van der Waals surface area contributed by atoms with Gasteiger partial charge in [-0.05, 0) is 12.7 Å². The van der Waals surface area contributed by atoms with Crippen LogP contribution in [0.2, 0.25) is 0 Å². The second-order valence-corrected chi connectivity index (χ2v) is 1.96. The van der Waals surface area contributed by atoms with Crippen LogP contribution in [0.1, 0.15) is 33.1 Å². The van der Waals surface area contributed by atoms with Crippen LogP contribution in [-0.4, -0.2) is 5.78 Å². The minimum Gasteiger partial charge on any atom is -1.00 e. The minimum atomic E-state index is 0. The molecule has 0 spiro atoms. The van der Waals surface area contributed by atoms with E-state index in [1.807, 2.05) is 0 Å². The molecule has 0 radical (unpaired) electrons. The molecule has 0 aromatic carbocycles. The summed E-state index contributed by atoms with van der Waals surface area (Å²) in [6, 6.07) is 0. The molecule has 11 heavy (non-hydrogen) atoms. The number of rotatable bonds is 4. The first-order chi connectivity index (χ1) is 3.77. The maximum atomic E-state index is 10.3.